The summed E-state index contributed by atoms with van der Waals surface area (Å²) < 4.78 is 14.4. The average molecular weight is 385 g/mol. The van der Waals surface area contributed by atoms with Crippen LogP contribution in [0.2, 0.25) is 0 Å². The second kappa shape index (κ2) is 7.04. The second-order valence-corrected chi connectivity index (χ2v) is 7.77. The standard InChI is InChI=1S/C17H17FN2OS2.ClH/c18-13-7-2-1-6-12(13)15-17(21,14-8-5-11-22-14)20-10-4-3-9-19-16(20)23-15;/h1-2,5-8,11,15,21H,3-4,9-10H2;1H. The van der Waals surface area contributed by atoms with E-state index in [2.05, 4.69) is 4.99 Å². The van der Waals surface area contributed by atoms with E-state index in [0.717, 1.165) is 36.0 Å². The minimum atomic E-state index is -1.25. The van der Waals surface area contributed by atoms with Crippen LogP contribution in [0.1, 0.15) is 28.5 Å². The summed E-state index contributed by atoms with van der Waals surface area (Å²) in [6.07, 6.45) is 2.00. The Morgan fingerprint density at radius 1 is 1.21 bits per heavy atom. The van der Waals surface area contributed by atoms with Crippen molar-refractivity contribution in [3.8, 4) is 0 Å². The van der Waals surface area contributed by atoms with Gasteiger partial charge in [0.15, 0.2) is 10.9 Å². The number of thiophene rings is 1. The van der Waals surface area contributed by atoms with Gasteiger partial charge in [-0.2, -0.15) is 0 Å². The van der Waals surface area contributed by atoms with Crippen molar-refractivity contribution < 1.29 is 9.50 Å². The van der Waals surface area contributed by atoms with Gasteiger partial charge < -0.3 is 10.0 Å². The number of hydrogen-bond donors (Lipinski definition) is 1. The highest BCUT2D eigenvalue weighted by molar-refractivity contribution is 8.14. The lowest BCUT2D eigenvalue weighted by Crippen LogP contribution is -2.45. The molecule has 4 rings (SSSR count). The van der Waals surface area contributed by atoms with Crippen LogP contribution in [0, 0.1) is 5.82 Å². The molecule has 2 aliphatic rings. The summed E-state index contributed by atoms with van der Waals surface area (Å²) >= 11 is 2.98. The Hall–Kier alpha value is -1.08. The average Bonchev–Trinajstić information content (AvgIpc) is 3.10. The smallest absolute Gasteiger partial charge is 0.192 e. The van der Waals surface area contributed by atoms with Crippen molar-refractivity contribution in [1.29, 1.82) is 0 Å². The second-order valence-electron chi connectivity index (χ2n) is 5.75. The molecule has 1 saturated heterocycles. The maximum Gasteiger partial charge on any atom is 0.192 e. The molecule has 3 nitrogen and oxygen atoms in total. The van der Waals surface area contributed by atoms with Gasteiger partial charge in [0, 0.05) is 18.7 Å². The van der Waals surface area contributed by atoms with Gasteiger partial charge in [0.05, 0.1) is 10.1 Å². The van der Waals surface area contributed by atoms with Crippen LogP contribution in [-0.4, -0.2) is 28.3 Å². The third-order valence-electron chi connectivity index (χ3n) is 4.34. The molecule has 0 aliphatic carbocycles. The highest BCUT2D eigenvalue weighted by Gasteiger charge is 2.54. The lowest BCUT2D eigenvalue weighted by Gasteiger charge is -2.36. The van der Waals surface area contributed by atoms with E-state index in [1.807, 2.05) is 28.5 Å². The van der Waals surface area contributed by atoms with E-state index in [1.54, 1.807) is 12.1 Å². The third kappa shape index (κ3) is 2.75. The first kappa shape index (κ1) is 17.7. The molecule has 2 atom stereocenters. The summed E-state index contributed by atoms with van der Waals surface area (Å²) in [4.78, 5) is 7.43. The van der Waals surface area contributed by atoms with Gasteiger partial charge >= 0.3 is 0 Å². The molecule has 3 heterocycles. The fourth-order valence-corrected chi connectivity index (χ4v) is 5.61. The summed E-state index contributed by atoms with van der Waals surface area (Å²) in [6.45, 7) is 1.51. The monoisotopic (exact) mass is 384 g/mol. The first-order valence-corrected chi connectivity index (χ1v) is 9.46. The van der Waals surface area contributed by atoms with Gasteiger partial charge in [-0.25, -0.2) is 4.39 Å². The molecule has 1 aromatic carbocycles. The Labute approximate surface area is 155 Å². The largest absolute Gasteiger partial charge is 0.365 e. The summed E-state index contributed by atoms with van der Waals surface area (Å²) in [5.41, 5.74) is -0.714. The minimum absolute atomic E-state index is 0. The fourth-order valence-electron chi connectivity index (χ4n) is 3.20. The normalized spacial score (nSPS) is 26.3. The van der Waals surface area contributed by atoms with E-state index >= 15 is 0 Å². The molecule has 2 unspecified atom stereocenters. The Bertz CT molecular complexity index is 740. The molecule has 128 valence electrons. The topological polar surface area (TPSA) is 35.8 Å². The van der Waals surface area contributed by atoms with E-state index in [0.29, 0.717) is 5.56 Å². The summed E-state index contributed by atoms with van der Waals surface area (Å²) in [7, 11) is 0. The lowest BCUT2D eigenvalue weighted by molar-refractivity contribution is -0.0685. The highest BCUT2D eigenvalue weighted by atomic mass is 35.5. The summed E-state index contributed by atoms with van der Waals surface area (Å²) in [5, 5.41) is 14.0. The Morgan fingerprint density at radius 3 is 2.79 bits per heavy atom. The van der Waals surface area contributed by atoms with Crippen molar-refractivity contribution in [1.82, 2.24) is 4.90 Å². The molecule has 2 aliphatic heterocycles. The molecule has 0 bridgehead atoms. The van der Waals surface area contributed by atoms with Gasteiger partial charge in [-0.05, 0) is 30.4 Å². The molecule has 24 heavy (non-hydrogen) atoms. The minimum Gasteiger partial charge on any atom is -0.365 e. The van der Waals surface area contributed by atoms with Crippen LogP contribution in [0.4, 0.5) is 4.39 Å². The molecule has 7 heteroatoms. The van der Waals surface area contributed by atoms with E-state index in [4.69, 9.17) is 0 Å². The lowest BCUT2D eigenvalue weighted by atomic mass is 9.98. The van der Waals surface area contributed by atoms with E-state index in [-0.39, 0.29) is 18.2 Å². The third-order valence-corrected chi connectivity index (χ3v) is 6.70. The SMILES string of the molecule is Cl.OC1(c2cccs2)C(c2ccccc2F)SC2=NCCCCN21. The zero-order valence-corrected chi connectivity index (χ0v) is 15.3. The number of fused-ring (bicyclic) bond motifs is 1. The van der Waals surface area contributed by atoms with Gasteiger partial charge in [0.1, 0.15) is 5.82 Å². The Kier molecular flexibility index (Phi) is 5.20. The Morgan fingerprint density at radius 2 is 2.04 bits per heavy atom. The molecule has 0 spiro atoms. The molecule has 0 radical (unpaired) electrons. The first-order valence-electron chi connectivity index (χ1n) is 7.71. The highest BCUT2D eigenvalue weighted by Crippen LogP contribution is 2.55. The predicted octanol–water partition coefficient (Wildman–Crippen LogP) is 4.39. The zero-order valence-electron chi connectivity index (χ0n) is 12.9. The molecular formula is C17H18ClFN2OS2. The van der Waals surface area contributed by atoms with Crippen LogP contribution in [-0.2, 0) is 5.72 Å². The molecule has 1 fully saturated rings. The maximum absolute atomic E-state index is 14.4. The van der Waals surface area contributed by atoms with Gasteiger partial charge in [0.2, 0.25) is 0 Å². The van der Waals surface area contributed by atoms with Crippen molar-refractivity contribution in [2.24, 2.45) is 4.99 Å². The van der Waals surface area contributed by atoms with E-state index in [9.17, 15) is 9.50 Å². The number of nitrogens with zero attached hydrogens (tertiary/aromatic N) is 2. The van der Waals surface area contributed by atoms with Crippen molar-refractivity contribution in [2.45, 2.75) is 23.8 Å². The van der Waals surface area contributed by atoms with Crippen molar-refractivity contribution >= 4 is 40.7 Å². The summed E-state index contributed by atoms with van der Waals surface area (Å²) in [6, 6.07) is 10.6. The van der Waals surface area contributed by atoms with Crippen molar-refractivity contribution in [2.75, 3.05) is 13.1 Å². The van der Waals surface area contributed by atoms with Crippen LogP contribution >= 0.6 is 35.5 Å². The van der Waals surface area contributed by atoms with Crippen molar-refractivity contribution in [3.05, 3.63) is 58.0 Å². The van der Waals surface area contributed by atoms with Gasteiger partial charge in [-0.1, -0.05) is 36.0 Å². The van der Waals surface area contributed by atoms with Gasteiger partial charge in [0.25, 0.3) is 0 Å². The number of rotatable bonds is 2. The number of halogens is 2. The quantitative estimate of drug-likeness (QED) is 0.833. The predicted molar refractivity (Wildman–Crippen MR) is 100 cm³/mol. The molecule has 1 aromatic heterocycles. The first-order chi connectivity index (χ1) is 11.2. The van der Waals surface area contributed by atoms with E-state index in [1.165, 1.54) is 29.2 Å². The maximum atomic E-state index is 14.4. The Balaban J connectivity index is 0.00000169. The van der Waals surface area contributed by atoms with Crippen LogP contribution < -0.4 is 0 Å². The molecule has 0 saturated carbocycles. The van der Waals surface area contributed by atoms with Crippen LogP contribution in [0.5, 0.6) is 0 Å². The number of hydrogen-bond acceptors (Lipinski definition) is 5. The van der Waals surface area contributed by atoms with Crippen LogP contribution in [0.3, 0.4) is 0 Å². The van der Waals surface area contributed by atoms with Gasteiger partial charge in [-0.15, -0.1) is 23.7 Å². The number of benzene rings is 1. The molecule has 2 aromatic rings. The summed E-state index contributed by atoms with van der Waals surface area (Å²) in [5.74, 6) is -0.279. The molecule has 1 N–H and O–H groups in total. The number of aliphatic hydroxyl groups is 1. The van der Waals surface area contributed by atoms with Crippen molar-refractivity contribution in [3.63, 3.8) is 0 Å². The van der Waals surface area contributed by atoms with Gasteiger partial charge in [-0.3, -0.25) is 4.99 Å². The number of amidine groups is 1. The van der Waals surface area contributed by atoms with Crippen LogP contribution in [0.15, 0.2) is 46.8 Å². The molecule has 0 amide bonds. The molecular weight excluding hydrogens is 367 g/mol. The number of thioether (sulfide) groups is 1. The van der Waals surface area contributed by atoms with Crippen LogP contribution in [0.25, 0.3) is 0 Å². The zero-order chi connectivity index (χ0) is 15.9. The van der Waals surface area contributed by atoms with E-state index < -0.39 is 11.0 Å². The fraction of sp³-hybridized carbons (Fsp3) is 0.353. The number of aliphatic imine (C=N–C) groups is 1.